The van der Waals surface area contributed by atoms with Gasteiger partial charge in [-0.05, 0) is 48.9 Å². The summed E-state index contributed by atoms with van der Waals surface area (Å²) in [5.74, 6) is 2.23. The van der Waals surface area contributed by atoms with Crippen LogP contribution in [0, 0.1) is 6.92 Å². The summed E-state index contributed by atoms with van der Waals surface area (Å²) in [5, 5.41) is 15.6. The normalized spacial score (nSPS) is 11.2. The topological polar surface area (TPSA) is 171 Å². The van der Waals surface area contributed by atoms with Gasteiger partial charge in [0.15, 0.2) is 0 Å². The van der Waals surface area contributed by atoms with Gasteiger partial charge in [0, 0.05) is 28.5 Å². The number of pyridine rings is 1. The van der Waals surface area contributed by atoms with E-state index in [9.17, 15) is 9.59 Å². The molecule has 0 radical (unpaired) electrons. The molecule has 0 aliphatic rings. The van der Waals surface area contributed by atoms with Crippen molar-refractivity contribution in [1.82, 2.24) is 24.7 Å². The van der Waals surface area contributed by atoms with E-state index in [-0.39, 0.29) is 18.6 Å². The number of anilines is 4. The Hall–Kier alpha value is -6.50. The number of hydrogen-bond acceptors (Lipinski definition) is 9. The van der Waals surface area contributed by atoms with E-state index in [1.807, 2.05) is 85.8 Å². The van der Waals surface area contributed by atoms with Crippen LogP contribution in [0.3, 0.4) is 0 Å². The van der Waals surface area contributed by atoms with Crippen molar-refractivity contribution in [3.63, 3.8) is 0 Å². The molecular formula is C37H37N9O4. The molecule has 0 fully saturated rings. The molecule has 0 atom stereocenters. The van der Waals surface area contributed by atoms with E-state index in [2.05, 4.69) is 51.7 Å². The van der Waals surface area contributed by atoms with Crippen LogP contribution in [0.4, 0.5) is 32.7 Å². The van der Waals surface area contributed by atoms with Crippen molar-refractivity contribution < 1.29 is 19.1 Å². The number of carbonyl (C=O) groups is 2. The number of ether oxygens (including phenoxy) is 2. The summed E-state index contributed by atoms with van der Waals surface area (Å²) in [4.78, 5) is 37.1. The van der Waals surface area contributed by atoms with Crippen LogP contribution in [-0.2, 0) is 23.4 Å². The summed E-state index contributed by atoms with van der Waals surface area (Å²) in [7, 11) is 0. The maximum Gasteiger partial charge on any atom is 0.404 e. The lowest BCUT2D eigenvalue weighted by Crippen LogP contribution is -2.21. The molecule has 3 aromatic heterocycles. The number of primary amides is 1. The molecule has 6 aromatic rings. The number of fused-ring (bicyclic) bond motifs is 1. The molecule has 50 heavy (non-hydrogen) atoms. The van der Waals surface area contributed by atoms with Crippen molar-refractivity contribution in [3.05, 3.63) is 120 Å². The van der Waals surface area contributed by atoms with E-state index >= 15 is 0 Å². The average Bonchev–Trinajstić information content (AvgIpc) is 3.52. The number of benzene rings is 3. The van der Waals surface area contributed by atoms with Gasteiger partial charge in [-0.2, -0.15) is 5.10 Å². The smallest absolute Gasteiger partial charge is 0.404 e. The van der Waals surface area contributed by atoms with Crippen molar-refractivity contribution in [2.24, 2.45) is 5.73 Å². The Morgan fingerprint density at radius 2 is 1.62 bits per heavy atom. The second-order valence-electron chi connectivity index (χ2n) is 12.6. The molecule has 0 aliphatic carbocycles. The van der Waals surface area contributed by atoms with Gasteiger partial charge >= 0.3 is 12.1 Å². The minimum Gasteiger partial charge on any atom is -0.488 e. The number of aromatic nitrogens is 5. The molecule has 0 aliphatic heterocycles. The summed E-state index contributed by atoms with van der Waals surface area (Å²) in [5.41, 5.74) is 9.58. The van der Waals surface area contributed by atoms with Crippen LogP contribution in [0.5, 0.6) is 5.75 Å². The molecule has 0 saturated heterocycles. The Labute approximate surface area is 288 Å². The van der Waals surface area contributed by atoms with Crippen molar-refractivity contribution >= 4 is 46.0 Å². The summed E-state index contributed by atoms with van der Waals surface area (Å²) >= 11 is 0. The van der Waals surface area contributed by atoms with Crippen LogP contribution in [-0.4, -0.2) is 36.9 Å². The maximum absolute atomic E-state index is 13.4. The van der Waals surface area contributed by atoms with Crippen LogP contribution in [0.1, 0.15) is 43.3 Å². The summed E-state index contributed by atoms with van der Waals surface area (Å²) < 4.78 is 12.7. The van der Waals surface area contributed by atoms with Crippen LogP contribution < -0.4 is 26.4 Å². The summed E-state index contributed by atoms with van der Waals surface area (Å²) in [6.45, 7) is 8.49. The first-order chi connectivity index (χ1) is 24.0. The number of nitrogens with zero attached hydrogens (tertiary/aromatic N) is 5. The number of urea groups is 1. The fourth-order valence-electron chi connectivity index (χ4n) is 5.06. The SMILES string of the molecule is Cc1ccc(-n2nc(C(C)(C)C)cc2NC(=O)Nc2ccc(OCc3ccnc(Nc4cnc(COC(N)=O)cn4)c3)c3ccccc23)cc1. The minimum atomic E-state index is -0.880. The molecule has 254 valence electrons. The molecule has 3 heterocycles. The van der Waals surface area contributed by atoms with E-state index in [1.54, 1.807) is 10.9 Å². The Bertz CT molecular complexity index is 2140. The number of amides is 3. The van der Waals surface area contributed by atoms with Gasteiger partial charge in [-0.3, -0.25) is 10.3 Å². The van der Waals surface area contributed by atoms with Crippen LogP contribution in [0.25, 0.3) is 16.5 Å². The zero-order valence-corrected chi connectivity index (χ0v) is 28.1. The van der Waals surface area contributed by atoms with Gasteiger partial charge in [-0.15, -0.1) is 0 Å². The van der Waals surface area contributed by atoms with Gasteiger partial charge in [-0.1, -0.05) is 62.7 Å². The van der Waals surface area contributed by atoms with Gasteiger partial charge < -0.3 is 25.8 Å². The number of aryl methyl sites for hydroxylation is 1. The zero-order chi connectivity index (χ0) is 35.3. The predicted molar refractivity (Wildman–Crippen MR) is 192 cm³/mol. The van der Waals surface area contributed by atoms with E-state index in [0.717, 1.165) is 33.3 Å². The minimum absolute atomic E-state index is 0.0635. The van der Waals surface area contributed by atoms with Crippen LogP contribution >= 0.6 is 0 Å². The highest BCUT2D eigenvalue weighted by atomic mass is 16.5. The first-order valence-corrected chi connectivity index (χ1v) is 15.9. The molecule has 0 unspecified atom stereocenters. The highest BCUT2D eigenvalue weighted by Crippen LogP contribution is 2.33. The van der Waals surface area contributed by atoms with Gasteiger partial charge in [0.05, 0.1) is 35.2 Å². The van der Waals surface area contributed by atoms with Crippen molar-refractivity contribution in [3.8, 4) is 11.4 Å². The molecule has 3 aromatic carbocycles. The molecular weight excluding hydrogens is 634 g/mol. The third kappa shape index (κ3) is 8.13. The van der Waals surface area contributed by atoms with E-state index in [4.69, 9.17) is 20.3 Å². The fourth-order valence-corrected chi connectivity index (χ4v) is 5.06. The first kappa shape index (κ1) is 33.4. The molecule has 13 heteroatoms. The highest BCUT2D eigenvalue weighted by molar-refractivity contribution is 6.07. The predicted octanol–water partition coefficient (Wildman–Crippen LogP) is 7.38. The first-order valence-electron chi connectivity index (χ1n) is 15.9. The lowest BCUT2D eigenvalue weighted by atomic mass is 9.92. The van der Waals surface area contributed by atoms with Crippen LogP contribution in [0.2, 0.25) is 0 Å². The Morgan fingerprint density at radius 1 is 0.840 bits per heavy atom. The Kier molecular flexibility index (Phi) is 9.57. The monoisotopic (exact) mass is 671 g/mol. The molecule has 3 amide bonds. The Morgan fingerprint density at radius 3 is 2.34 bits per heavy atom. The standard InChI is InChI=1S/C37H37N9O4/c1-23-9-11-26(12-10-23)46-34(18-31(45-46)37(2,3)4)44-36(48)42-29-13-14-30(28-8-6-5-7-27(28)29)49-21-24-15-16-39-32(17-24)43-33-20-40-25(19-41-33)22-50-35(38)47/h5-20H,21-22H2,1-4H3,(H2,38,47)(H,39,41,43)(H2,42,44,48). The lowest BCUT2D eigenvalue weighted by molar-refractivity contribution is 0.148. The molecule has 5 N–H and O–H groups in total. The van der Waals surface area contributed by atoms with Gasteiger partial charge in [-0.25, -0.2) is 24.2 Å². The third-order valence-electron chi connectivity index (χ3n) is 7.67. The third-order valence-corrected chi connectivity index (χ3v) is 7.67. The van der Waals surface area contributed by atoms with Crippen molar-refractivity contribution in [1.29, 1.82) is 0 Å². The fraction of sp³-hybridized carbons (Fsp3) is 0.189. The van der Waals surface area contributed by atoms with E-state index < -0.39 is 12.1 Å². The zero-order valence-electron chi connectivity index (χ0n) is 28.1. The molecule has 13 nitrogen and oxygen atoms in total. The highest BCUT2D eigenvalue weighted by Gasteiger charge is 2.22. The van der Waals surface area contributed by atoms with Gasteiger partial charge in [0.1, 0.15) is 36.4 Å². The number of carbonyl (C=O) groups excluding carboxylic acids is 2. The van der Waals surface area contributed by atoms with Crippen molar-refractivity contribution in [2.75, 3.05) is 16.0 Å². The number of nitrogens with one attached hydrogen (secondary N) is 3. The van der Waals surface area contributed by atoms with E-state index in [0.29, 0.717) is 34.6 Å². The summed E-state index contributed by atoms with van der Waals surface area (Å²) in [6.07, 6.45) is 3.78. The largest absolute Gasteiger partial charge is 0.488 e. The molecule has 0 spiro atoms. The number of rotatable bonds is 10. The molecule has 6 rings (SSSR count). The number of hydrogen-bond donors (Lipinski definition) is 4. The molecule has 0 bridgehead atoms. The second kappa shape index (κ2) is 14.3. The van der Waals surface area contributed by atoms with Crippen molar-refractivity contribution in [2.45, 2.75) is 46.3 Å². The van der Waals surface area contributed by atoms with Crippen LogP contribution in [0.15, 0.2) is 97.5 Å². The van der Waals surface area contributed by atoms with Gasteiger partial charge in [0.25, 0.3) is 0 Å². The maximum atomic E-state index is 13.4. The van der Waals surface area contributed by atoms with E-state index in [1.165, 1.54) is 12.4 Å². The quantitative estimate of drug-likeness (QED) is 0.116. The molecule has 0 saturated carbocycles. The summed E-state index contributed by atoms with van der Waals surface area (Å²) in [6, 6.07) is 24.6. The number of nitrogens with two attached hydrogens (primary N) is 1. The Balaban J connectivity index is 1.14. The second-order valence-corrected chi connectivity index (χ2v) is 12.6. The lowest BCUT2D eigenvalue weighted by Gasteiger charge is -2.15. The average molecular weight is 672 g/mol. The van der Waals surface area contributed by atoms with Gasteiger partial charge in [0.2, 0.25) is 0 Å².